The van der Waals surface area contributed by atoms with Crippen molar-refractivity contribution in [3.63, 3.8) is 0 Å². The highest BCUT2D eigenvalue weighted by Gasteiger charge is 2.50. The molecule has 5 atom stereocenters. The Kier molecular flexibility index (Phi) is 17.8. The van der Waals surface area contributed by atoms with Crippen LogP contribution in [0.2, 0.25) is 0 Å². The molecule has 64 heavy (non-hydrogen) atoms. The van der Waals surface area contributed by atoms with Gasteiger partial charge >= 0.3 is 5.97 Å². The number of epoxide rings is 1. The standard InChI is InChI=1S/C50H63N5O9/c1-7-36-18-21-39(22-19-36)49(61)63-33-55(24-26-62-27-25-55)31-44(56)51-40(23-20-37-14-10-8-11-15-37)46(58)53-42(29-35(4)5)47(59)54-43(30-38-16-12-9-13-17-38)48(60)52-41(28-34(2)3)45(57)50(6)32-64-50/h1,8-19,21-22,34-35,40-43H,20,23-33H2,2-6H3,(H3-,51,52,53,54,56,58,59,60)/p+1/t40?,41?,42?,43?,50-/m1/s1. The molecule has 5 rings (SSSR count). The molecule has 4 amide bonds. The van der Waals surface area contributed by atoms with E-state index in [0.29, 0.717) is 50.3 Å². The maximum absolute atomic E-state index is 14.4. The molecule has 0 bridgehead atoms. The van der Waals surface area contributed by atoms with Gasteiger partial charge in [0.1, 0.15) is 36.8 Å². The van der Waals surface area contributed by atoms with Gasteiger partial charge in [-0.05, 0) is 79.8 Å². The van der Waals surface area contributed by atoms with E-state index in [-0.39, 0.29) is 61.2 Å². The SMILES string of the molecule is C#Cc1ccc(C(=O)OC[N+]2(CC(=O)NC(CCc3ccccc3)C(=O)NC(CC(C)C)C(=O)NC(Cc3ccccc3)C(=O)NC(CC(C)C)C(=O)[C@@]3(C)CO3)CCOCC2)cc1. The number of hydrogen-bond donors (Lipinski definition) is 4. The minimum absolute atomic E-state index is 0.0502. The first-order valence-corrected chi connectivity index (χ1v) is 22.2. The second kappa shape index (κ2) is 23.2. The van der Waals surface area contributed by atoms with Crippen LogP contribution in [-0.4, -0.2) is 116 Å². The van der Waals surface area contributed by atoms with Crippen molar-refractivity contribution >= 4 is 35.4 Å². The number of terminal acetylenes is 1. The topological polar surface area (TPSA) is 182 Å². The van der Waals surface area contributed by atoms with Crippen molar-refractivity contribution in [1.29, 1.82) is 0 Å². The van der Waals surface area contributed by atoms with E-state index in [0.717, 1.165) is 11.1 Å². The highest BCUT2D eigenvalue weighted by Crippen LogP contribution is 2.30. The predicted molar refractivity (Wildman–Crippen MR) is 241 cm³/mol. The van der Waals surface area contributed by atoms with Gasteiger partial charge in [0.15, 0.2) is 12.3 Å². The maximum atomic E-state index is 14.4. The average molecular weight is 879 g/mol. The molecule has 2 aliphatic rings. The molecular formula is C50H64N5O9+. The zero-order valence-electron chi connectivity index (χ0n) is 37.7. The molecule has 2 aliphatic heterocycles. The Morgan fingerprint density at radius 1 is 0.719 bits per heavy atom. The lowest BCUT2D eigenvalue weighted by Gasteiger charge is -2.39. The highest BCUT2D eigenvalue weighted by atomic mass is 16.6. The third-order valence-corrected chi connectivity index (χ3v) is 11.6. The first-order valence-electron chi connectivity index (χ1n) is 22.2. The van der Waals surface area contributed by atoms with Crippen LogP contribution in [0.5, 0.6) is 0 Å². The number of carbonyl (C=O) groups excluding carboxylic acids is 6. The van der Waals surface area contributed by atoms with Crippen LogP contribution < -0.4 is 21.3 Å². The molecule has 0 aliphatic carbocycles. The molecule has 3 aromatic carbocycles. The van der Waals surface area contributed by atoms with E-state index in [1.807, 2.05) is 88.4 Å². The molecule has 2 fully saturated rings. The van der Waals surface area contributed by atoms with Crippen molar-refractivity contribution in [2.75, 3.05) is 46.2 Å². The molecule has 2 heterocycles. The smallest absolute Gasteiger partial charge is 0.342 e. The summed E-state index contributed by atoms with van der Waals surface area (Å²) in [6.07, 6.45) is 6.88. The van der Waals surface area contributed by atoms with E-state index in [9.17, 15) is 28.8 Å². The Labute approximate surface area is 377 Å². The van der Waals surface area contributed by atoms with E-state index in [1.54, 1.807) is 31.2 Å². The largest absolute Gasteiger partial charge is 0.411 e. The fraction of sp³-hybridized carbons (Fsp3) is 0.480. The van der Waals surface area contributed by atoms with Crippen LogP contribution in [-0.2, 0) is 51.0 Å². The van der Waals surface area contributed by atoms with Crippen molar-refractivity contribution in [2.24, 2.45) is 11.8 Å². The van der Waals surface area contributed by atoms with E-state index in [1.165, 1.54) is 0 Å². The number of aryl methyl sites for hydroxylation is 1. The van der Waals surface area contributed by atoms with Crippen LogP contribution in [0.15, 0.2) is 84.9 Å². The zero-order valence-corrected chi connectivity index (χ0v) is 37.7. The Balaban J connectivity index is 1.33. The minimum Gasteiger partial charge on any atom is -0.411 e. The minimum atomic E-state index is -1.09. The number of hydrogen-bond acceptors (Lipinski definition) is 9. The number of rotatable bonds is 23. The van der Waals surface area contributed by atoms with Crippen molar-refractivity contribution in [3.05, 3.63) is 107 Å². The predicted octanol–water partition coefficient (Wildman–Crippen LogP) is 3.89. The molecule has 3 aromatic rings. The normalized spacial score (nSPS) is 18.3. The van der Waals surface area contributed by atoms with Crippen LogP contribution in [0.25, 0.3) is 0 Å². The number of ether oxygens (including phenoxy) is 3. The third-order valence-electron chi connectivity index (χ3n) is 11.6. The number of quaternary nitrogens is 1. The monoisotopic (exact) mass is 878 g/mol. The van der Waals surface area contributed by atoms with Gasteiger partial charge in [-0.1, -0.05) is 94.3 Å². The lowest BCUT2D eigenvalue weighted by Crippen LogP contribution is -2.62. The number of esters is 1. The highest BCUT2D eigenvalue weighted by molar-refractivity contribution is 5.99. The number of benzene rings is 3. The van der Waals surface area contributed by atoms with Crippen molar-refractivity contribution in [3.8, 4) is 12.3 Å². The molecule has 0 radical (unpaired) electrons. The Hall–Kier alpha value is -5.88. The number of carbonyl (C=O) groups is 6. The van der Waals surface area contributed by atoms with Crippen molar-refractivity contribution < 1.29 is 47.5 Å². The summed E-state index contributed by atoms with van der Waals surface area (Å²) in [5.41, 5.74) is 1.73. The van der Waals surface area contributed by atoms with Crippen molar-refractivity contribution in [2.45, 2.75) is 96.5 Å². The lowest BCUT2D eigenvalue weighted by molar-refractivity contribution is -0.943. The number of nitrogens with one attached hydrogen (secondary N) is 4. The fourth-order valence-corrected chi connectivity index (χ4v) is 7.71. The lowest BCUT2D eigenvalue weighted by atomic mass is 9.93. The van der Waals surface area contributed by atoms with Crippen LogP contribution in [0.3, 0.4) is 0 Å². The molecule has 4 unspecified atom stereocenters. The molecule has 4 N–H and O–H groups in total. The number of ketones is 1. The second-order valence-corrected chi connectivity index (χ2v) is 18.0. The quantitative estimate of drug-likeness (QED) is 0.0476. The average Bonchev–Trinajstić information content (AvgIpc) is 4.04. The number of amides is 4. The van der Waals surface area contributed by atoms with Crippen LogP contribution >= 0.6 is 0 Å². The number of morpholine rings is 1. The Morgan fingerprint density at radius 3 is 1.83 bits per heavy atom. The first-order chi connectivity index (χ1) is 30.6. The van der Waals surface area contributed by atoms with E-state index in [2.05, 4.69) is 27.2 Å². The summed E-state index contributed by atoms with van der Waals surface area (Å²) in [7, 11) is 0. The van der Waals surface area contributed by atoms with Gasteiger partial charge in [0.2, 0.25) is 24.5 Å². The van der Waals surface area contributed by atoms with Crippen LogP contribution in [0.4, 0.5) is 0 Å². The van der Waals surface area contributed by atoms with Gasteiger partial charge in [0, 0.05) is 12.0 Å². The van der Waals surface area contributed by atoms with Gasteiger partial charge in [-0.15, -0.1) is 6.42 Å². The molecule has 14 nitrogen and oxygen atoms in total. The summed E-state index contributed by atoms with van der Waals surface area (Å²) in [5, 5.41) is 11.7. The van der Waals surface area contributed by atoms with Gasteiger partial charge in [0.05, 0.1) is 31.4 Å². The second-order valence-electron chi connectivity index (χ2n) is 18.0. The molecule has 14 heteroatoms. The van der Waals surface area contributed by atoms with Gasteiger partial charge in [-0.25, -0.2) is 4.79 Å². The van der Waals surface area contributed by atoms with E-state index >= 15 is 0 Å². The third kappa shape index (κ3) is 14.9. The summed E-state index contributed by atoms with van der Waals surface area (Å²) >= 11 is 0. The summed E-state index contributed by atoms with van der Waals surface area (Å²) in [4.78, 5) is 83.4. The fourth-order valence-electron chi connectivity index (χ4n) is 7.71. The molecule has 342 valence electrons. The molecule has 0 aromatic heterocycles. The first kappa shape index (κ1) is 49.1. The number of nitrogens with zero attached hydrogens (tertiary/aromatic N) is 1. The summed E-state index contributed by atoms with van der Waals surface area (Å²) < 4.78 is 16.9. The molecule has 0 spiro atoms. The molecule has 0 saturated carbocycles. The summed E-state index contributed by atoms with van der Waals surface area (Å²) in [6.45, 7) is 11.0. The molecule has 2 saturated heterocycles. The van der Waals surface area contributed by atoms with Gasteiger partial charge < -0.3 is 35.5 Å². The Morgan fingerprint density at radius 2 is 1.25 bits per heavy atom. The maximum Gasteiger partial charge on any atom is 0.342 e. The number of Topliss-reactive ketones (excluding diaryl/α,β-unsaturated/α-hetero) is 1. The van der Waals surface area contributed by atoms with Crippen LogP contribution in [0.1, 0.15) is 80.9 Å². The van der Waals surface area contributed by atoms with E-state index < -0.39 is 59.4 Å². The van der Waals surface area contributed by atoms with Gasteiger partial charge in [-0.2, -0.15) is 0 Å². The Bertz CT molecular complexity index is 2090. The van der Waals surface area contributed by atoms with Crippen molar-refractivity contribution in [1.82, 2.24) is 21.3 Å². The van der Waals surface area contributed by atoms with Crippen LogP contribution in [0, 0.1) is 24.2 Å². The van der Waals surface area contributed by atoms with Gasteiger partial charge in [-0.3, -0.25) is 28.5 Å². The molecular weight excluding hydrogens is 815 g/mol. The zero-order chi connectivity index (χ0) is 46.3. The van der Waals surface area contributed by atoms with Gasteiger partial charge in [0.25, 0.3) is 5.91 Å². The van der Waals surface area contributed by atoms with E-state index in [4.69, 9.17) is 20.6 Å². The summed E-state index contributed by atoms with van der Waals surface area (Å²) in [6, 6.07) is 21.2. The summed E-state index contributed by atoms with van der Waals surface area (Å²) in [5.74, 6) is -0.341.